The Labute approximate surface area is 107 Å². The maximum Gasteiger partial charge on any atom is 0.180 e. The molecule has 1 saturated carbocycles. The van der Waals surface area contributed by atoms with Crippen LogP contribution in [0.25, 0.3) is 0 Å². The Kier molecular flexibility index (Phi) is 4.05. The van der Waals surface area contributed by atoms with Crippen LogP contribution in [0, 0.1) is 5.92 Å². The van der Waals surface area contributed by atoms with Crippen LogP contribution in [-0.4, -0.2) is 11.6 Å². The zero-order valence-electron chi connectivity index (χ0n) is 10.7. The van der Waals surface area contributed by atoms with Crippen LogP contribution in [-0.2, 0) is 10.3 Å². The molecule has 0 amide bonds. The molecular weight excluding hydrogens is 232 g/mol. The maximum atomic E-state index is 6.06. The van der Waals surface area contributed by atoms with Crippen molar-refractivity contribution < 1.29 is 4.74 Å². The van der Waals surface area contributed by atoms with Crippen molar-refractivity contribution in [1.29, 1.82) is 0 Å². The van der Waals surface area contributed by atoms with Gasteiger partial charge in [0.2, 0.25) is 0 Å². The summed E-state index contributed by atoms with van der Waals surface area (Å²) in [6.07, 6.45) is 6.74. The van der Waals surface area contributed by atoms with Crippen molar-refractivity contribution >= 4 is 16.5 Å². The molecular formula is C13H22N2OS. The molecule has 4 heteroatoms. The van der Waals surface area contributed by atoms with Gasteiger partial charge in [-0.1, -0.05) is 19.3 Å². The van der Waals surface area contributed by atoms with Crippen LogP contribution in [0.5, 0.6) is 0 Å². The Morgan fingerprint density at radius 2 is 2.12 bits per heavy atom. The molecule has 96 valence electrons. The van der Waals surface area contributed by atoms with Crippen LogP contribution in [0.4, 0.5) is 5.13 Å². The highest BCUT2D eigenvalue weighted by molar-refractivity contribution is 7.13. The molecule has 1 aromatic rings. The average molecular weight is 254 g/mol. The normalized spacial score (nSPS) is 18.5. The Morgan fingerprint density at radius 1 is 1.41 bits per heavy atom. The molecule has 0 atom stereocenters. The summed E-state index contributed by atoms with van der Waals surface area (Å²) in [7, 11) is 0. The minimum Gasteiger partial charge on any atom is -0.375 e. The van der Waals surface area contributed by atoms with Gasteiger partial charge in [-0.2, -0.15) is 0 Å². The van der Waals surface area contributed by atoms with E-state index in [0.717, 1.165) is 18.2 Å². The molecule has 1 aliphatic carbocycles. The highest BCUT2D eigenvalue weighted by Crippen LogP contribution is 2.30. The number of nitrogen functional groups attached to an aromatic ring is 1. The van der Waals surface area contributed by atoms with Gasteiger partial charge in [0.05, 0.1) is 12.3 Å². The van der Waals surface area contributed by atoms with E-state index < -0.39 is 0 Å². The van der Waals surface area contributed by atoms with E-state index >= 15 is 0 Å². The summed E-state index contributed by atoms with van der Waals surface area (Å²) >= 11 is 1.48. The molecule has 0 saturated heterocycles. The SMILES string of the molecule is CC(C)(OCC1CCCCC1)c1csc(N)n1. The molecule has 0 aromatic carbocycles. The first kappa shape index (κ1) is 12.8. The van der Waals surface area contributed by atoms with Crippen LogP contribution < -0.4 is 5.73 Å². The standard InChI is InChI=1S/C13H22N2OS/c1-13(2,11-9-17-12(14)15-11)16-8-10-6-4-3-5-7-10/h9-10H,3-8H2,1-2H3,(H2,14,15). The van der Waals surface area contributed by atoms with E-state index in [9.17, 15) is 0 Å². The van der Waals surface area contributed by atoms with Crippen LogP contribution in [0.3, 0.4) is 0 Å². The zero-order valence-corrected chi connectivity index (χ0v) is 11.6. The van der Waals surface area contributed by atoms with Crippen molar-refractivity contribution in [2.75, 3.05) is 12.3 Å². The van der Waals surface area contributed by atoms with Crippen LogP contribution in [0.2, 0.25) is 0 Å². The van der Waals surface area contributed by atoms with Gasteiger partial charge < -0.3 is 10.5 Å². The van der Waals surface area contributed by atoms with E-state index in [-0.39, 0.29) is 5.60 Å². The van der Waals surface area contributed by atoms with Gasteiger partial charge in [-0.25, -0.2) is 4.98 Å². The van der Waals surface area contributed by atoms with Crippen molar-refractivity contribution in [2.24, 2.45) is 5.92 Å². The number of ether oxygens (including phenoxy) is 1. The minimum atomic E-state index is -0.314. The lowest BCUT2D eigenvalue weighted by atomic mass is 9.90. The molecule has 1 heterocycles. The number of nitrogens with two attached hydrogens (primary N) is 1. The summed E-state index contributed by atoms with van der Waals surface area (Å²) in [5.41, 5.74) is 6.31. The molecule has 1 aromatic heterocycles. The Morgan fingerprint density at radius 3 is 2.71 bits per heavy atom. The third kappa shape index (κ3) is 3.42. The van der Waals surface area contributed by atoms with Crippen molar-refractivity contribution in [1.82, 2.24) is 4.98 Å². The van der Waals surface area contributed by atoms with Crippen molar-refractivity contribution in [3.8, 4) is 0 Å². The number of rotatable bonds is 4. The lowest BCUT2D eigenvalue weighted by molar-refractivity contribution is -0.0470. The van der Waals surface area contributed by atoms with E-state index in [1.807, 2.05) is 5.38 Å². The Bertz CT molecular complexity index is 356. The molecule has 0 radical (unpaired) electrons. The van der Waals surface area contributed by atoms with Gasteiger partial charge in [0.1, 0.15) is 5.60 Å². The average Bonchev–Trinajstić information content (AvgIpc) is 2.76. The predicted octanol–water partition coefficient (Wildman–Crippen LogP) is 3.56. The molecule has 1 fully saturated rings. The molecule has 1 aliphatic rings. The summed E-state index contributed by atoms with van der Waals surface area (Å²) in [5.74, 6) is 0.735. The van der Waals surface area contributed by atoms with Crippen molar-refractivity contribution in [2.45, 2.75) is 51.6 Å². The molecule has 0 spiro atoms. The molecule has 0 unspecified atom stereocenters. The number of aromatic nitrogens is 1. The summed E-state index contributed by atoms with van der Waals surface area (Å²) in [6.45, 7) is 5.00. The number of anilines is 1. The van der Waals surface area contributed by atoms with E-state index in [2.05, 4.69) is 18.8 Å². The second kappa shape index (κ2) is 5.36. The van der Waals surface area contributed by atoms with E-state index in [1.54, 1.807) is 0 Å². The number of hydrogen-bond donors (Lipinski definition) is 1. The smallest absolute Gasteiger partial charge is 0.180 e. The first-order valence-electron chi connectivity index (χ1n) is 6.43. The number of hydrogen-bond acceptors (Lipinski definition) is 4. The third-order valence-corrected chi connectivity index (χ3v) is 4.22. The second-order valence-corrected chi connectivity index (χ2v) is 6.29. The van der Waals surface area contributed by atoms with Crippen molar-refractivity contribution in [3.63, 3.8) is 0 Å². The number of thiazole rings is 1. The second-order valence-electron chi connectivity index (χ2n) is 5.40. The highest BCUT2D eigenvalue weighted by Gasteiger charge is 2.26. The summed E-state index contributed by atoms with van der Waals surface area (Å²) in [5, 5.41) is 2.62. The van der Waals surface area contributed by atoms with Gasteiger partial charge in [0.15, 0.2) is 5.13 Å². The van der Waals surface area contributed by atoms with Crippen LogP contribution in [0.1, 0.15) is 51.6 Å². The third-order valence-electron chi connectivity index (χ3n) is 3.54. The largest absolute Gasteiger partial charge is 0.375 e. The highest BCUT2D eigenvalue weighted by atomic mass is 32.1. The van der Waals surface area contributed by atoms with Crippen LogP contribution >= 0.6 is 11.3 Å². The van der Waals surface area contributed by atoms with Crippen LogP contribution in [0.15, 0.2) is 5.38 Å². The Hall–Kier alpha value is -0.610. The molecule has 17 heavy (non-hydrogen) atoms. The number of nitrogens with zero attached hydrogens (tertiary/aromatic N) is 1. The quantitative estimate of drug-likeness (QED) is 0.893. The molecule has 0 bridgehead atoms. The first-order chi connectivity index (χ1) is 8.08. The molecule has 3 nitrogen and oxygen atoms in total. The molecule has 2 N–H and O–H groups in total. The van der Waals surface area contributed by atoms with Gasteiger partial charge in [0, 0.05) is 5.38 Å². The van der Waals surface area contributed by atoms with Crippen molar-refractivity contribution in [3.05, 3.63) is 11.1 Å². The topological polar surface area (TPSA) is 48.1 Å². The predicted molar refractivity (Wildman–Crippen MR) is 72.1 cm³/mol. The van der Waals surface area contributed by atoms with E-state index in [4.69, 9.17) is 10.5 Å². The monoisotopic (exact) mass is 254 g/mol. The zero-order chi connectivity index (χ0) is 12.3. The Balaban J connectivity index is 1.88. The fourth-order valence-corrected chi connectivity index (χ4v) is 3.04. The van der Waals surface area contributed by atoms with Gasteiger partial charge in [-0.15, -0.1) is 11.3 Å². The van der Waals surface area contributed by atoms with E-state index in [1.165, 1.54) is 43.4 Å². The lowest BCUT2D eigenvalue weighted by Gasteiger charge is -2.28. The fraction of sp³-hybridized carbons (Fsp3) is 0.769. The fourth-order valence-electron chi connectivity index (χ4n) is 2.32. The van der Waals surface area contributed by atoms with Gasteiger partial charge >= 0.3 is 0 Å². The summed E-state index contributed by atoms with van der Waals surface area (Å²) < 4.78 is 6.06. The maximum absolute atomic E-state index is 6.06. The minimum absolute atomic E-state index is 0.314. The van der Waals surface area contributed by atoms with Gasteiger partial charge in [-0.3, -0.25) is 0 Å². The summed E-state index contributed by atoms with van der Waals surface area (Å²) in [6, 6.07) is 0. The van der Waals surface area contributed by atoms with Gasteiger partial charge in [-0.05, 0) is 32.6 Å². The molecule has 0 aliphatic heterocycles. The van der Waals surface area contributed by atoms with E-state index in [0.29, 0.717) is 5.13 Å². The first-order valence-corrected chi connectivity index (χ1v) is 7.31. The molecule has 2 rings (SSSR count). The lowest BCUT2D eigenvalue weighted by Crippen LogP contribution is -2.26. The van der Waals surface area contributed by atoms with Gasteiger partial charge in [0.25, 0.3) is 0 Å². The summed E-state index contributed by atoms with van der Waals surface area (Å²) in [4.78, 5) is 4.32.